The quantitative estimate of drug-likeness (QED) is 0.845. The first-order chi connectivity index (χ1) is 8.13. The maximum Gasteiger partial charge on any atom is 0.165 e. The fourth-order valence-electron chi connectivity index (χ4n) is 1.75. The standard InChI is InChI=1S/C14H12F2O.H3N/c1-2-9-6-7-10(8-13(9)16)11-4-3-5-12(15)14(11)17;/h3-8,17H,2H2,1H3;1H3. The van der Waals surface area contributed by atoms with Crippen molar-refractivity contribution < 1.29 is 13.9 Å². The van der Waals surface area contributed by atoms with Crippen LogP contribution in [0.2, 0.25) is 0 Å². The van der Waals surface area contributed by atoms with Crippen LogP contribution in [-0.2, 0) is 6.42 Å². The Morgan fingerprint density at radius 1 is 1.06 bits per heavy atom. The monoisotopic (exact) mass is 251 g/mol. The molecule has 0 heterocycles. The van der Waals surface area contributed by atoms with Crippen LogP contribution in [0.3, 0.4) is 0 Å². The zero-order valence-corrected chi connectivity index (χ0v) is 10.1. The summed E-state index contributed by atoms with van der Waals surface area (Å²) in [7, 11) is 0. The molecular formula is C14H15F2NO. The Bertz CT molecular complexity index is 555. The number of hydrogen-bond donors (Lipinski definition) is 2. The predicted octanol–water partition coefficient (Wildman–Crippen LogP) is 4.06. The maximum absolute atomic E-state index is 13.6. The maximum atomic E-state index is 13.6. The third-order valence-corrected chi connectivity index (χ3v) is 2.73. The number of hydrogen-bond acceptors (Lipinski definition) is 2. The molecule has 0 fully saturated rings. The summed E-state index contributed by atoms with van der Waals surface area (Å²) >= 11 is 0. The number of halogens is 2. The SMILES string of the molecule is CCc1ccc(-c2cccc(F)c2O)cc1F.N. The minimum atomic E-state index is -0.706. The predicted molar refractivity (Wildman–Crippen MR) is 67.9 cm³/mol. The highest BCUT2D eigenvalue weighted by Crippen LogP contribution is 2.31. The van der Waals surface area contributed by atoms with Gasteiger partial charge in [-0.2, -0.15) is 0 Å². The summed E-state index contributed by atoms with van der Waals surface area (Å²) in [5.74, 6) is -1.49. The van der Waals surface area contributed by atoms with Gasteiger partial charge in [0.25, 0.3) is 0 Å². The lowest BCUT2D eigenvalue weighted by molar-refractivity contribution is 0.434. The fraction of sp³-hybridized carbons (Fsp3) is 0.143. The van der Waals surface area contributed by atoms with E-state index in [2.05, 4.69) is 0 Å². The van der Waals surface area contributed by atoms with E-state index in [1.54, 1.807) is 18.2 Å². The van der Waals surface area contributed by atoms with Gasteiger partial charge >= 0.3 is 0 Å². The molecule has 96 valence electrons. The van der Waals surface area contributed by atoms with Crippen molar-refractivity contribution in [2.24, 2.45) is 0 Å². The summed E-state index contributed by atoms with van der Waals surface area (Å²) in [5.41, 5.74) is 1.37. The number of rotatable bonds is 2. The molecule has 0 amide bonds. The van der Waals surface area contributed by atoms with Crippen molar-refractivity contribution in [1.29, 1.82) is 0 Å². The zero-order valence-electron chi connectivity index (χ0n) is 10.1. The zero-order chi connectivity index (χ0) is 12.4. The second-order valence-corrected chi connectivity index (χ2v) is 3.80. The molecule has 0 saturated heterocycles. The van der Waals surface area contributed by atoms with Crippen molar-refractivity contribution in [3.8, 4) is 16.9 Å². The average Bonchev–Trinajstić information content (AvgIpc) is 2.32. The Labute approximate surface area is 104 Å². The highest BCUT2D eigenvalue weighted by molar-refractivity contribution is 5.70. The smallest absolute Gasteiger partial charge is 0.165 e. The minimum Gasteiger partial charge on any atom is -0.504 e. The van der Waals surface area contributed by atoms with Gasteiger partial charge in [-0.05, 0) is 29.7 Å². The van der Waals surface area contributed by atoms with Gasteiger partial charge in [-0.15, -0.1) is 0 Å². The van der Waals surface area contributed by atoms with Crippen LogP contribution < -0.4 is 6.15 Å². The molecule has 2 aromatic rings. The second kappa shape index (κ2) is 5.60. The molecule has 0 aliphatic rings. The highest BCUT2D eigenvalue weighted by atomic mass is 19.1. The molecule has 18 heavy (non-hydrogen) atoms. The van der Waals surface area contributed by atoms with Crippen molar-refractivity contribution >= 4 is 0 Å². The Morgan fingerprint density at radius 2 is 1.78 bits per heavy atom. The largest absolute Gasteiger partial charge is 0.504 e. The van der Waals surface area contributed by atoms with Crippen LogP contribution in [-0.4, -0.2) is 5.11 Å². The van der Waals surface area contributed by atoms with Gasteiger partial charge in [0, 0.05) is 5.56 Å². The first kappa shape index (κ1) is 14.1. The molecular weight excluding hydrogens is 236 g/mol. The molecule has 0 unspecified atom stereocenters. The number of phenolic OH excluding ortho intramolecular Hbond substituents is 1. The van der Waals surface area contributed by atoms with E-state index in [1.165, 1.54) is 12.1 Å². The van der Waals surface area contributed by atoms with Crippen LogP contribution in [0.5, 0.6) is 5.75 Å². The lowest BCUT2D eigenvalue weighted by Gasteiger charge is -2.07. The van der Waals surface area contributed by atoms with E-state index in [-0.39, 0.29) is 12.0 Å². The van der Waals surface area contributed by atoms with Crippen LogP contribution in [0, 0.1) is 11.6 Å². The van der Waals surface area contributed by atoms with Crippen LogP contribution in [0.15, 0.2) is 36.4 Å². The topological polar surface area (TPSA) is 55.2 Å². The molecule has 2 aromatic carbocycles. The van der Waals surface area contributed by atoms with E-state index >= 15 is 0 Å². The van der Waals surface area contributed by atoms with Gasteiger partial charge in [0.2, 0.25) is 0 Å². The summed E-state index contributed by atoms with van der Waals surface area (Å²) < 4.78 is 26.8. The average molecular weight is 251 g/mol. The molecule has 2 rings (SSSR count). The summed E-state index contributed by atoms with van der Waals surface area (Å²) in [6.07, 6.45) is 0.598. The van der Waals surface area contributed by atoms with E-state index in [0.29, 0.717) is 23.1 Å². The molecule has 4 N–H and O–H groups in total. The molecule has 0 aromatic heterocycles. The Morgan fingerprint density at radius 3 is 2.39 bits per heavy atom. The normalized spacial score (nSPS) is 9.94. The molecule has 0 saturated carbocycles. The first-order valence-corrected chi connectivity index (χ1v) is 5.39. The number of benzene rings is 2. The third-order valence-electron chi connectivity index (χ3n) is 2.73. The van der Waals surface area contributed by atoms with Crippen molar-refractivity contribution in [3.05, 3.63) is 53.6 Å². The summed E-state index contributed by atoms with van der Waals surface area (Å²) in [4.78, 5) is 0. The molecule has 0 aliphatic carbocycles. The van der Waals surface area contributed by atoms with Crippen LogP contribution in [0.4, 0.5) is 8.78 Å². The van der Waals surface area contributed by atoms with Crippen LogP contribution in [0.1, 0.15) is 12.5 Å². The third kappa shape index (κ3) is 2.49. The van der Waals surface area contributed by atoms with E-state index in [9.17, 15) is 13.9 Å². The molecule has 0 atom stereocenters. The summed E-state index contributed by atoms with van der Waals surface area (Å²) in [6.45, 7) is 1.86. The van der Waals surface area contributed by atoms with Crippen molar-refractivity contribution in [2.75, 3.05) is 0 Å². The van der Waals surface area contributed by atoms with Gasteiger partial charge in [0.05, 0.1) is 0 Å². The van der Waals surface area contributed by atoms with Crippen molar-refractivity contribution in [3.63, 3.8) is 0 Å². The first-order valence-electron chi connectivity index (χ1n) is 5.39. The Kier molecular flexibility index (Phi) is 4.39. The van der Waals surface area contributed by atoms with E-state index in [0.717, 1.165) is 6.07 Å². The van der Waals surface area contributed by atoms with E-state index in [4.69, 9.17) is 0 Å². The Balaban J connectivity index is 0.00000162. The molecule has 2 nitrogen and oxygen atoms in total. The van der Waals surface area contributed by atoms with Crippen LogP contribution in [0.25, 0.3) is 11.1 Å². The van der Waals surface area contributed by atoms with Gasteiger partial charge in [-0.1, -0.05) is 31.2 Å². The summed E-state index contributed by atoms with van der Waals surface area (Å²) in [6, 6.07) is 8.84. The number of para-hydroxylation sites is 1. The lowest BCUT2D eigenvalue weighted by atomic mass is 10.0. The number of phenols is 1. The second-order valence-electron chi connectivity index (χ2n) is 3.80. The van der Waals surface area contributed by atoms with E-state index in [1.807, 2.05) is 6.92 Å². The highest BCUT2D eigenvalue weighted by Gasteiger charge is 2.10. The fourth-order valence-corrected chi connectivity index (χ4v) is 1.75. The van der Waals surface area contributed by atoms with Crippen LogP contribution >= 0.6 is 0 Å². The Hall–Kier alpha value is -1.94. The number of aromatic hydroxyl groups is 1. The van der Waals surface area contributed by atoms with Crippen molar-refractivity contribution in [2.45, 2.75) is 13.3 Å². The number of aryl methyl sites for hydroxylation is 1. The van der Waals surface area contributed by atoms with Gasteiger partial charge in [-0.3, -0.25) is 0 Å². The molecule has 0 bridgehead atoms. The molecule has 0 aliphatic heterocycles. The van der Waals surface area contributed by atoms with E-state index < -0.39 is 11.6 Å². The summed E-state index contributed by atoms with van der Waals surface area (Å²) in [5, 5.41) is 9.57. The minimum absolute atomic E-state index is 0. The van der Waals surface area contributed by atoms with Gasteiger partial charge in [0.15, 0.2) is 11.6 Å². The van der Waals surface area contributed by atoms with Gasteiger partial charge in [0.1, 0.15) is 5.82 Å². The van der Waals surface area contributed by atoms with Gasteiger partial charge < -0.3 is 11.3 Å². The molecule has 4 heteroatoms. The molecule has 0 radical (unpaired) electrons. The molecule has 0 spiro atoms. The van der Waals surface area contributed by atoms with Crippen molar-refractivity contribution in [1.82, 2.24) is 6.15 Å². The lowest BCUT2D eigenvalue weighted by Crippen LogP contribution is -1.89. The van der Waals surface area contributed by atoms with Gasteiger partial charge in [-0.25, -0.2) is 8.78 Å².